The predicted molar refractivity (Wildman–Crippen MR) is 66.0 cm³/mol. The highest BCUT2D eigenvalue weighted by Crippen LogP contribution is 2.02. The van der Waals surface area contributed by atoms with E-state index in [0.29, 0.717) is 6.42 Å². The molecule has 0 saturated heterocycles. The van der Waals surface area contributed by atoms with Gasteiger partial charge in [-0.25, -0.2) is 4.79 Å². The molecule has 18 heavy (non-hydrogen) atoms. The summed E-state index contributed by atoms with van der Waals surface area (Å²) in [5.41, 5.74) is 0.887. The molecule has 0 radical (unpaired) electrons. The number of alkyl carbamates (subject to hydrolysis) is 1. The summed E-state index contributed by atoms with van der Waals surface area (Å²) < 4.78 is 4.96. The zero-order chi connectivity index (χ0) is 13.4. The maximum absolute atomic E-state index is 11.3. The van der Waals surface area contributed by atoms with Crippen molar-refractivity contribution in [1.82, 2.24) is 5.32 Å². The van der Waals surface area contributed by atoms with Gasteiger partial charge in [-0.1, -0.05) is 37.3 Å². The molecule has 0 fully saturated rings. The summed E-state index contributed by atoms with van der Waals surface area (Å²) in [6.07, 6.45) is -0.132. The summed E-state index contributed by atoms with van der Waals surface area (Å²) in [7, 11) is 0. The van der Waals surface area contributed by atoms with Crippen LogP contribution in [0.1, 0.15) is 18.9 Å². The fraction of sp³-hybridized carbons (Fsp3) is 0.385. The first-order valence-corrected chi connectivity index (χ1v) is 5.80. The number of rotatable bonds is 6. The maximum Gasteiger partial charge on any atom is 0.407 e. The Hall–Kier alpha value is -2.04. The molecule has 0 aliphatic carbocycles. The minimum atomic E-state index is -0.916. The van der Waals surface area contributed by atoms with Crippen molar-refractivity contribution in [2.24, 2.45) is 5.92 Å². The van der Waals surface area contributed by atoms with Gasteiger partial charge in [-0.3, -0.25) is 4.79 Å². The predicted octanol–water partition coefficient (Wildman–Crippen LogP) is 2.02. The van der Waals surface area contributed by atoms with Gasteiger partial charge in [0.1, 0.15) is 6.61 Å². The molecule has 0 unspecified atom stereocenters. The van der Waals surface area contributed by atoms with Crippen LogP contribution in [0.5, 0.6) is 0 Å². The van der Waals surface area contributed by atoms with Crippen LogP contribution >= 0.6 is 0 Å². The molecule has 0 bridgehead atoms. The van der Waals surface area contributed by atoms with Crippen molar-refractivity contribution < 1.29 is 19.4 Å². The third-order valence-electron chi connectivity index (χ3n) is 2.55. The summed E-state index contributed by atoms with van der Waals surface area (Å²) >= 11 is 0. The fourth-order valence-corrected chi connectivity index (χ4v) is 1.39. The van der Waals surface area contributed by atoms with Gasteiger partial charge in [-0.05, 0) is 12.0 Å². The average molecular weight is 251 g/mol. The standard InChI is InChI=1S/C13H17NO4/c1-2-11(12(15)16)8-14-13(17)18-9-10-6-4-3-5-7-10/h3-7,11H,2,8-9H2,1H3,(H,14,17)(H,15,16)/t11-/m1/s1. The number of carbonyl (C=O) groups excluding carboxylic acids is 1. The molecule has 2 N–H and O–H groups in total. The Morgan fingerprint density at radius 2 is 2.00 bits per heavy atom. The third-order valence-corrected chi connectivity index (χ3v) is 2.55. The molecule has 0 heterocycles. The summed E-state index contributed by atoms with van der Waals surface area (Å²) in [6, 6.07) is 9.28. The first kappa shape index (κ1) is 14.0. The van der Waals surface area contributed by atoms with Crippen LogP contribution in [0.3, 0.4) is 0 Å². The smallest absolute Gasteiger partial charge is 0.407 e. The summed E-state index contributed by atoms with van der Waals surface area (Å²) in [4.78, 5) is 22.1. The van der Waals surface area contributed by atoms with Gasteiger partial charge in [0.2, 0.25) is 0 Å². The van der Waals surface area contributed by atoms with E-state index in [1.165, 1.54) is 0 Å². The van der Waals surface area contributed by atoms with E-state index in [2.05, 4.69) is 5.32 Å². The van der Waals surface area contributed by atoms with Gasteiger partial charge in [0.05, 0.1) is 5.92 Å². The van der Waals surface area contributed by atoms with Crippen LogP contribution in [-0.2, 0) is 16.1 Å². The molecule has 98 valence electrons. The molecule has 1 atom stereocenters. The highest BCUT2D eigenvalue weighted by Gasteiger charge is 2.16. The summed E-state index contributed by atoms with van der Waals surface area (Å²) in [5, 5.41) is 11.2. The van der Waals surface area contributed by atoms with Gasteiger partial charge < -0.3 is 15.2 Å². The van der Waals surface area contributed by atoms with Crippen molar-refractivity contribution in [3.63, 3.8) is 0 Å². The van der Waals surface area contributed by atoms with E-state index < -0.39 is 18.0 Å². The number of nitrogens with one attached hydrogen (secondary N) is 1. The monoisotopic (exact) mass is 251 g/mol. The van der Waals surface area contributed by atoms with Crippen LogP contribution in [0.4, 0.5) is 4.79 Å². The molecular weight excluding hydrogens is 234 g/mol. The Bertz CT molecular complexity index is 391. The highest BCUT2D eigenvalue weighted by molar-refractivity contribution is 5.72. The van der Waals surface area contributed by atoms with Gasteiger partial charge in [0, 0.05) is 6.54 Å². The fourth-order valence-electron chi connectivity index (χ4n) is 1.39. The van der Waals surface area contributed by atoms with Crippen LogP contribution in [-0.4, -0.2) is 23.7 Å². The molecule has 1 amide bonds. The van der Waals surface area contributed by atoms with E-state index in [9.17, 15) is 9.59 Å². The van der Waals surface area contributed by atoms with Crippen LogP contribution in [0.25, 0.3) is 0 Å². The second kappa shape index (κ2) is 7.32. The van der Waals surface area contributed by atoms with Crippen LogP contribution in [0.15, 0.2) is 30.3 Å². The number of benzene rings is 1. The van der Waals surface area contributed by atoms with Crippen molar-refractivity contribution in [3.8, 4) is 0 Å². The van der Waals surface area contributed by atoms with E-state index in [-0.39, 0.29) is 13.2 Å². The van der Waals surface area contributed by atoms with E-state index in [1.807, 2.05) is 30.3 Å². The van der Waals surface area contributed by atoms with Crippen molar-refractivity contribution in [3.05, 3.63) is 35.9 Å². The number of amides is 1. The van der Waals surface area contributed by atoms with Gasteiger partial charge in [-0.2, -0.15) is 0 Å². The lowest BCUT2D eigenvalue weighted by atomic mass is 10.1. The molecule has 0 spiro atoms. The molecule has 1 rings (SSSR count). The van der Waals surface area contributed by atoms with Crippen LogP contribution in [0.2, 0.25) is 0 Å². The molecule has 5 nitrogen and oxygen atoms in total. The SMILES string of the molecule is CC[C@H](CNC(=O)OCc1ccccc1)C(=O)O. The molecule has 0 aliphatic rings. The number of carboxylic acids is 1. The number of hydrogen-bond donors (Lipinski definition) is 2. The summed E-state index contributed by atoms with van der Waals surface area (Å²) in [6.45, 7) is 2.02. The number of carboxylic acid groups (broad SMARTS) is 1. The molecular formula is C13H17NO4. The number of hydrogen-bond acceptors (Lipinski definition) is 3. The zero-order valence-corrected chi connectivity index (χ0v) is 10.3. The Labute approximate surface area is 106 Å². The molecule has 0 aromatic heterocycles. The lowest BCUT2D eigenvalue weighted by molar-refractivity contribution is -0.141. The minimum Gasteiger partial charge on any atom is -0.481 e. The molecule has 0 aliphatic heterocycles. The molecule has 1 aromatic rings. The molecule has 1 aromatic carbocycles. The first-order valence-electron chi connectivity index (χ1n) is 5.80. The summed E-state index contributed by atoms with van der Waals surface area (Å²) in [5.74, 6) is -1.49. The van der Waals surface area contributed by atoms with Gasteiger partial charge >= 0.3 is 12.1 Å². The second-order valence-electron chi connectivity index (χ2n) is 3.89. The van der Waals surface area contributed by atoms with E-state index in [1.54, 1.807) is 6.92 Å². The number of aliphatic carboxylic acids is 1. The maximum atomic E-state index is 11.3. The third kappa shape index (κ3) is 4.86. The lowest BCUT2D eigenvalue weighted by Gasteiger charge is -2.11. The largest absolute Gasteiger partial charge is 0.481 e. The average Bonchev–Trinajstić information content (AvgIpc) is 2.38. The quantitative estimate of drug-likeness (QED) is 0.811. The normalized spacial score (nSPS) is 11.6. The van der Waals surface area contributed by atoms with Crippen molar-refractivity contribution >= 4 is 12.1 Å². The highest BCUT2D eigenvalue weighted by atomic mass is 16.5. The van der Waals surface area contributed by atoms with Crippen molar-refractivity contribution in [2.75, 3.05) is 6.54 Å². The topological polar surface area (TPSA) is 75.6 Å². The Kier molecular flexibility index (Phi) is 5.70. The second-order valence-corrected chi connectivity index (χ2v) is 3.89. The van der Waals surface area contributed by atoms with Gasteiger partial charge in [0.25, 0.3) is 0 Å². The van der Waals surface area contributed by atoms with Crippen LogP contribution < -0.4 is 5.32 Å². The van der Waals surface area contributed by atoms with E-state index in [0.717, 1.165) is 5.56 Å². The van der Waals surface area contributed by atoms with Crippen molar-refractivity contribution in [2.45, 2.75) is 20.0 Å². The molecule has 0 saturated carbocycles. The number of carbonyl (C=O) groups is 2. The Morgan fingerprint density at radius 1 is 1.33 bits per heavy atom. The Balaban J connectivity index is 2.28. The van der Waals surface area contributed by atoms with Crippen LogP contribution in [0, 0.1) is 5.92 Å². The minimum absolute atomic E-state index is 0.0828. The van der Waals surface area contributed by atoms with Crippen molar-refractivity contribution in [1.29, 1.82) is 0 Å². The zero-order valence-electron chi connectivity index (χ0n) is 10.3. The number of ether oxygens (including phenoxy) is 1. The van der Waals surface area contributed by atoms with Gasteiger partial charge in [-0.15, -0.1) is 0 Å². The van der Waals surface area contributed by atoms with Gasteiger partial charge in [0.15, 0.2) is 0 Å². The molecule has 5 heteroatoms. The lowest BCUT2D eigenvalue weighted by Crippen LogP contribution is -2.32. The van der Waals surface area contributed by atoms with E-state index >= 15 is 0 Å². The first-order chi connectivity index (χ1) is 8.63. The Morgan fingerprint density at radius 3 is 2.56 bits per heavy atom. The van der Waals surface area contributed by atoms with E-state index in [4.69, 9.17) is 9.84 Å².